The van der Waals surface area contributed by atoms with E-state index in [0.717, 1.165) is 11.8 Å². The third-order valence-electron chi connectivity index (χ3n) is 3.94. The molecule has 0 aromatic heterocycles. The number of ether oxygens (including phenoxy) is 1. The first-order valence-electron chi connectivity index (χ1n) is 6.82. The second kappa shape index (κ2) is 4.65. The van der Waals surface area contributed by atoms with Crippen molar-refractivity contribution in [3.63, 3.8) is 0 Å². The van der Waals surface area contributed by atoms with Crippen LogP contribution in [0.15, 0.2) is 23.0 Å². The largest absolute Gasteiger partial charge is 0.490 e. The molecule has 3 rings (SSSR count). The first-order chi connectivity index (χ1) is 7.75. The zero-order valence-corrected chi connectivity index (χ0v) is 11.0. The topological polar surface area (TPSA) is 9.23 Å². The summed E-state index contributed by atoms with van der Waals surface area (Å²) in [6.07, 6.45) is 7.97. The van der Waals surface area contributed by atoms with Crippen LogP contribution in [0.25, 0.3) is 0 Å². The Labute approximate surface area is 99.6 Å². The minimum Gasteiger partial charge on any atom is -0.490 e. The molecule has 0 radical (unpaired) electrons. The van der Waals surface area contributed by atoms with Crippen molar-refractivity contribution in [2.24, 2.45) is 11.8 Å². The van der Waals surface area contributed by atoms with Crippen molar-refractivity contribution in [3.05, 3.63) is 23.0 Å². The molecule has 0 spiro atoms. The van der Waals surface area contributed by atoms with E-state index in [1.54, 1.807) is 5.57 Å². The second-order valence-electron chi connectivity index (χ2n) is 5.15. The average Bonchev–Trinajstić information content (AvgIpc) is 2.79. The maximum absolute atomic E-state index is 6.08. The van der Waals surface area contributed by atoms with Gasteiger partial charge in [0.2, 0.25) is 0 Å². The van der Waals surface area contributed by atoms with Gasteiger partial charge in [0.1, 0.15) is 11.9 Å². The fourth-order valence-electron chi connectivity index (χ4n) is 3.24. The number of hydrogen-bond donors (Lipinski definition) is 0. The van der Waals surface area contributed by atoms with Gasteiger partial charge in [-0.05, 0) is 49.7 Å². The summed E-state index contributed by atoms with van der Waals surface area (Å²) >= 11 is 0. The average molecular weight is 220 g/mol. The van der Waals surface area contributed by atoms with Crippen LogP contribution in [-0.2, 0) is 4.74 Å². The molecule has 0 amide bonds. The van der Waals surface area contributed by atoms with E-state index in [-0.39, 0.29) is 0 Å². The van der Waals surface area contributed by atoms with E-state index >= 15 is 0 Å². The first kappa shape index (κ1) is 11.8. The zero-order chi connectivity index (χ0) is 11.7. The van der Waals surface area contributed by atoms with Gasteiger partial charge in [0.05, 0.1) is 0 Å². The Morgan fingerprint density at radius 3 is 2.75 bits per heavy atom. The lowest BCUT2D eigenvalue weighted by atomic mass is 9.89. The standard InChI is InChI=1S/C13H18O.C2H6/c1-8-6-11-10-5-3-4-9(2)13(10)14-12(11)7-8;1-2/h5,8,11-12H,3-4,6-7H2,1-2H3;1-2H3/t8-,11+,12+;/m1./s1. The Bertz CT molecular complexity index is 324. The van der Waals surface area contributed by atoms with E-state index in [2.05, 4.69) is 19.9 Å². The van der Waals surface area contributed by atoms with Crippen molar-refractivity contribution in [3.8, 4) is 0 Å². The Balaban J connectivity index is 0.000000457. The lowest BCUT2D eigenvalue weighted by molar-refractivity contribution is 0.141. The summed E-state index contributed by atoms with van der Waals surface area (Å²) in [4.78, 5) is 0. The highest BCUT2D eigenvalue weighted by Gasteiger charge is 2.44. The highest BCUT2D eigenvalue weighted by molar-refractivity contribution is 5.40. The van der Waals surface area contributed by atoms with Crippen LogP contribution in [0.2, 0.25) is 0 Å². The normalized spacial score (nSPS) is 35.8. The summed E-state index contributed by atoms with van der Waals surface area (Å²) in [5.74, 6) is 2.85. The van der Waals surface area contributed by atoms with Crippen LogP contribution in [0.3, 0.4) is 0 Å². The molecule has 3 atom stereocenters. The maximum Gasteiger partial charge on any atom is 0.121 e. The van der Waals surface area contributed by atoms with Crippen molar-refractivity contribution in [1.82, 2.24) is 0 Å². The third kappa shape index (κ3) is 1.81. The highest BCUT2D eigenvalue weighted by Crippen LogP contribution is 2.49. The van der Waals surface area contributed by atoms with Gasteiger partial charge in [-0.1, -0.05) is 26.8 Å². The molecular weight excluding hydrogens is 196 g/mol. The minimum absolute atomic E-state index is 0.513. The van der Waals surface area contributed by atoms with Gasteiger partial charge < -0.3 is 4.74 Å². The summed E-state index contributed by atoms with van der Waals surface area (Å²) in [6.45, 7) is 8.58. The Morgan fingerprint density at radius 1 is 1.25 bits per heavy atom. The smallest absolute Gasteiger partial charge is 0.121 e. The molecule has 3 aliphatic rings. The van der Waals surface area contributed by atoms with E-state index in [1.807, 2.05) is 13.8 Å². The van der Waals surface area contributed by atoms with E-state index < -0.39 is 0 Å². The zero-order valence-electron chi connectivity index (χ0n) is 11.0. The van der Waals surface area contributed by atoms with Gasteiger partial charge in [0, 0.05) is 5.92 Å². The SMILES string of the molecule is CC.CC1=C2O[C@H]3C[C@H](C)C[C@H]3C2=CCC1. The van der Waals surface area contributed by atoms with Gasteiger partial charge in [0.25, 0.3) is 0 Å². The molecule has 1 aliphatic heterocycles. The monoisotopic (exact) mass is 220 g/mol. The third-order valence-corrected chi connectivity index (χ3v) is 3.94. The quantitative estimate of drug-likeness (QED) is 0.586. The van der Waals surface area contributed by atoms with Crippen LogP contribution in [0.4, 0.5) is 0 Å². The summed E-state index contributed by atoms with van der Waals surface area (Å²) in [6, 6.07) is 0. The summed E-state index contributed by atoms with van der Waals surface area (Å²) in [5, 5.41) is 0. The van der Waals surface area contributed by atoms with Crippen molar-refractivity contribution < 1.29 is 4.74 Å². The molecule has 2 fully saturated rings. The summed E-state index contributed by atoms with van der Waals surface area (Å²) in [5.41, 5.74) is 3.02. The molecule has 1 nitrogen and oxygen atoms in total. The fourth-order valence-corrected chi connectivity index (χ4v) is 3.24. The lowest BCUT2D eigenvalue weighted by Crippen LogP contribution is -2.07. The number of rotatable bonds is 0. The Hall–Kier alpha value is -0.720. The van der Waals surface area contributed by atoms with Crippen LogP contribution in [-0.4, -0.2) is 6.10 Å². The number of allylic oxidation sites excluding steroid dienone is 3. The van der Waals surface area contributed by atoms with Crippen LogP contribution in [0, 0.1) is 11.8 Å². The summed E-state index contributed by atoms with van der Waals surface area (Å²) < 4.78 is 6.08. The molecule has 90 valence electrons. The first-order valence-corrected chi connectivity index (χ1v) is 6.82. The molecule has 1 saturated carbocycles. The van der Waals surface area contributed by atoms with Gasteiger partial charge in [-0.3, -0.25) is 0 Å². The minimum atomic E-state index is 0.513. The summed E-state index contributed by atoms with van der Waals surface area (Å²) in [7, 11) is 0. The lowest BCUT2D eigenvalue weighted by Gasteiger charge is -2.15. The Morgan fingerprint density at radius 2 is 2.00 bits per heavy atom. The van der Waals surface area contributed by atoms with E-state index in [0.29, 0.717) is 6.10 Å². The molecular formula is C15H24O. The molecule has 2 aliphatic carbocycles. The van der Waals surface area contributed by atoms with Gasteiger partial charge in [-0.15, -0.1) is 0 Å². The van der Waals surface area contributed by atoms with E-state index in [9.17, 15) is 0 Å². The molecule has 1 saturated heterocycles. The van der Waals surface area contributed by atoms with Crippen LogP contribution in [0.1, 0.15) is 53.4 Å². The van der Waals surface area contributed by atoms with Crippen LogP contribution >= 0.6 is 0 Å². The maximum atomic E-state index is 6.08. The van der Waals surface area contributed by atoms with Crippen molar-refractivity contribution in [2.75, 3.05) is 0 Å². The van der Waals surface area contributed by atoms with E-state index in [4.69, 9.17) is 4.74 Å². The van der Waals surface area contributed by atoms with Crippen molar-refractivity contribution >= 4 is 0 Å². The van der Waals surface area contributed by atoms with Gasteiger partial charge in [-0.25, -0.2) is 0 Å². The van der Waals surface area contributed by atoms with Crippen LogP contribution in [0.5, 0.6) is 0 Å². The second-order valence-corrected chi connectivity index (χ2v) is 5.15. The van der Waals surface area contributed by atoms with Gasteiger partial charge >= 0.3 is 0 Å². The molecule has 0 aromatic carbocycles. The predicted octanol–water partition coefficient (Wildman–Crippen LogP) is 4.45. The molecule has 0 unspecified atom stereocenters. The van der Waals surface area contributed by atoms with Gasteiger partial charge in [0.15, 0.2) is 0 Å². The van der Waals surface area contributed by atoms with E-state index in [1.165, 1.54) is 37.0 Å². The molecule has 1 heteroatoms. The molecule has 0 aromatic rings. The molecule has 0 N–H and O–H groups in total. The Kier molecular flexibility index (Phi) is 3.41. The molecule has 1 heterocycles. The number of fused-ring (bicyclic) bond motifs is 3. The van der Waals surface area contributed by atoms with Crippen molar-refractivity contribution in [1.29, 1.82) is 0 Å². The number of hydrogen-bond acceptors (Lipinski definition) is 1. The highest BCUT2D eigenvalue weighted by atomic mass is 16.5. The van der Waals surface area contributed by atoms with Gasteiger partial charge in [-0.2, -0.15) is 0 Å². The molecule has 16 heavy (non-hydrogen) atoms. The fraction of sp³-hybridized carbons (Fsp3) is 0.733. The predicted molar refractivity (Wildman–Crippen MR) is 68.1 cm³/mol. The van der Waals surface area contributed by atoms with Crippen LogP contribution < -0.4 is 0 Å². The van der Waals surface area contributed by atoms with Crippen molar-refractivity contribution in [2.45, 2.75) is 59.5 Å². The molecule has 0 bridgehead atoms.